The third kappa shape index (κ3) is 2.19. The normalized spacial score (nSPS) is 39.0. The van der Waals surface area contributed by atoms with Crippen molar-refractivity contribution in [2.45, 2.75) is 46.1 Å². The average Bonchev–Trinajstić information content (AvgIpc) is 1.99. The molecule has 1 aliphatic rings. The summed E-state index contributed by atoms with van der Waals surface area (Å²) >= 11 is 0. The van der Waals surface area contributed by atoms with E-state index in [0.717, 1.165) is 24.4 Å². The van der Waals surface area contributed by atoms with Crippen molar-refractivity contribution in [1.82, 2.24) is 5.32 Å². The summed E-state index contributed by atoms with van der Waals surface area (Å²) < 4.78 is 0. The molecule has 1 N–H and O–H groups in total. The van der Waals surface area contributed by atoms with Crippen LogP contribution in [0.25, 0.3) is 0 Å². The Morgan fingerprint density at radius 2 is 2.00 bits per heavy atom. The summed E-state index contributed by atoms with van der Waals surface area (Å²) in [6.45, 7) is 8.10. The fourth-order valence-corrected chi connectivity index (χ4v) is 2.13. The highest BCUT2D eigenvalue weighted by Crippen LogP contribution is 2.29. The number of hydrogen-bond donors (Lipinski definition) is 1. The summed E-state index contributed by atoms with van der Waals surface area (Å²) in [6, 6.07) is 0.795. The second kappa shape index (κ2) is 4.10. The average molecular weight is 155 g/mol. The van der Waals surface area contributed by atoms with E-state index >= 15 is 0 Å². The molecular weight excluding hydrogens is 134 g/mol. The van der Waals surface area contributed by atoms with Gasteiger partial charge in [0.05, 0.1) is 0 Å². The van der Waals surface area contributed by atoms with Gasteiger partial charge < -0.3 is 5.32 Å². The van der Waals surface area contributed by atoms with E-state index in [2.05, 4.69) is 26.1 Å². The van der Waals surface area contributed by atoms with Crippen molar-refractivity contribution in [2.75, 3.05) is 6.54 Å². The summed E-state index contributed by atoms with van der Waals surface area (Å²) in [4.78, 5) is 0. The standard InChI is InChI=1S/C10H21N/c1-4-11-10-7-5-6-8(2)9(10)3/h8-11H,4-7H2,1-3H3/t8-,9+,10+/m1/s1. The van der Waals surface area contributed by atoms with Gasteiger partial charge in [-0.1, -0.05) is 33.6 Å². The first-order chi connectivity index (χ1) is 5.25. The Kier molecular flexibility index (Phi) is 3.38. The Labute approximate surface area is 70.6 Å². The van der Waals surface area contributed by atoms with Crippen LogP contribution in [0.4, 0.5) is 0 Å². The molecular formula is C10H21N. The lowest BCUT2D eigenvalue weighted by molar-refractivity contribution is 0.209. The van der Waals surface area contributed by atoms with Gasteiger partial charge in [0, 0.05) is 6.04 Å². The molecule has 0 saturated heterocycles. The van der Waals surface area contributed by atoms with Crippen LogP contribution in [0.3, 0.4) is 0 Å². The summed E-state index contributed by atoms with van der Waals surface area (Å²) in [5, 5.41) is 3.56. The van der Waals surface area contributed by atoms with Crippen molar-refractivity contribution in [1.29, 1.82) is 0 Å². The van der Waals surface area contributed by atoms with Crippen molar-refractivity contribution >= 4 is 0 Å². The van der Waals surface area contributed by atoms with E-state index in [0.29, 0.717) is 0 Å². The molecule has 0 amide bonds. The number of hydrogen-bond acceptors (Lipinski definition) is 1. The molecule has 0 aromatic rings. The zero-order valence-electron chi connectivity index (χ0n) is 8.06. The molecule has 0 aliphatic heterocycles. The van der Waals surface area contributed by atoms with E-state index in [-0.39, 0.29) is 0 Å². The lowest BCUT2D eigenvalue weighted by Crippen LogP contribution is -2.40. The van der Waals surface area contributed by atoms with E-state index in [1.54, 1.807) is 0 Å². The van der Waals surface area contributed by atoms with Gasteiger partial charge in [0.2, 0.25) is 0 Å². The Hall–Kier alpha value is -0.0400. The third-order valence-electron chi connectivity index (χ3n) is 3.17. The van der Waals surface area contributed by atoms with Gasteiger partial charge in [0.15, 0.2) is 0 Å². The third-order valence-corrected chi connectivity index (χ3v) is 3.17. The van der Waals surface area contributed by atoms with Gasteiger partial charge in [-0.05, 0) is 24.8 Å². The topological polar surface area (TPSA) is 12.0 Å². The van der Waals surface area contributed by atoms with Crippen molar-refractivity contribution < 1.29 is 0 Å². The maximum Gasteiger partial charge on any atom is 0.00951 e. The minimum absolute atomic E-state index is 0.795. The zero-order chi connectivity index (χ0) is 8.27. The van der Waals surface area contributed by atoms with E-state index in [9.17, 15) is 0 Å². The molecule has 11 heavy (non-hydrogen) atoms. The monoisotopic (exact) mass is 155 g/mol. The van der Waals surface area contributed by atoms with Gasteiger partial charge in [-0.15, -0.1) is 0 Å². The Morgan fingerprint density at radius 1 is 1.27 bits per heavy atom. The van der Waals surface area contributed by atoms with E-state index in [1.807, 2.05) is 0 Å². The molecule has 0 radical (unpaired) electrons. The fourth-order valence-electron chi connectivity index (χ4n) is 2.13. The SMILES string of the molecule is CCN[C@H]1CCC[C@@H](C)[C@@H]1C. The minimum Gasteiger partial charge on any atom is -0.314 e. The predicted molar refractivity (Wildman–Crippen MR) is 49.6 cm³/mol. The van der Waals surface area contributed by atoms with Crippen LogP contribution >= 0.6 is 0 Å². The maximum absolute atomic E-state index is 3.56. The van der Waals surface area contributed by atoms with Crippen LogP contribution < -0.4 is 5.32 Å². The highest BCUT2D eigenvalue weighted by molar-refractivity contribution is 4.81. The van der Waals surface area contributed by atoms with Crippen LogP contribution in [0.1, 0.15) is 40.0 Å². The van der Waals surface area contributed by atoms with Gasteiger partial charge in [-0.25, -0.2) is 0 Å². The molecule has 0 spiro atoms. The molecule has 0 heterocycles. The molecule has 1 fully saturated rings. The summed E-state index contributed by atoms with van der Waals surface area (Å²) in [5.74, 6) is 1.80. The molecule has 0 aromatic heterocycles. The summed E-state index contributed by atoms with van der Waals surface area (Å²) in [7, 11) is 0. The van der Waals surface area contributed by atoms with Crippen LogP contribution in [-0.4, -0.2) is 12.6 Å². The first-order valence-corrected chi connectivity index (χ1v) is 4.99. The van der Waals surface area contributed by atoms with E-state index in [1.165, 1.54) is 19.3 Å². The van der Waals surface area contributed by atoms with Gasteiger partial charge in [-0.3, -0.25) is 0 Å². The predicted octanol–water partition coefficient (Wildman–Crippen LogP) is 2.42. The first-order valence-electron chi connectivity index (χ1n) is 4.99. The van der Waals surface area contributed by atoms with Crippen LogP contribution in [0.5, 0.6) is 0 Å². The van der Waals surface area contributed by atoms with Crippen molar-refractivity contribution in [3.63, 3.8) is 0 Å². The molecule has 3 atom stereocenters. The van der Waals surface area contributed by atoms with Crippen LogP contribution in [0.2, 0.25) is 0 Å². The fraction of sp³-hybridized carbons (Fsp3) is 1.00. The molecule has 66 valence electrons. The number of rotatable bonds is 2. The lowest BCUT2D eigenvalue weighted by atomic mass is 9.78. The minimum atomic E-state index is 0.795. The lowest BCUT2D eigenvalue weighted by Gasteiger charge is -2.34. The van der Waals surface area contributed by atoms with Gasteiger partial charge in [-0.2, -0.15) is 0 Å². The molecule has 1 nitrogen and oxygen atoms in total. The smallest absolute Gasteiger partial charge is 0.00951 e. The van der Waals surface area contributed by atoms with Crippen LogP contribution in [0, 0.1) is 11.8 Å². The highest BCUT2D eigenvalue weighted by atomic mass is 14.9. The second-order valence-electron chi connectivity index (χ2n) is 3.93. The first kappa shape index (κ1) is 9.05. The van der Waals surface area contributed by atoms with E-state index < -0.39 is 0 Å². The number of nitrogens with one attached hydrogen (secondary N) is 1. The molecule has 0 aromatic carbocycles. The second-order valence-corrected chi connectivity index (χ2v) is 3.93. The van der Waals surface area contributed by atoms with Crippen LogP contribution in [-0.2, 0) is 0 Å². The Bertz CT molecular complexity index is 109. The quantitative estimate of drug-likeness (QED) is 0.645. The van der Waals surface area contributed by atoms with Crippen molar-refractivity contribution in [3.8, 4) is 0 Å². The molecule has 1 rings (SSSR count). The summed E-state index contributed by atoms with van der Waals surface area (Å²) in [6.07, 6.45) is 4.24. The maximum atomic E-state index is 3.56. The molecule has 0 bridgehead atoms. The van der Waals surface area contributed by atoms with Gasteiger partial charge in [0.1, 0.15) is 0 Å². The highest BCUT2D eigenvalue weighted by Gasteiger charge is 2.25. The Morgan fingerprint density at radius 3 is 2.64 bits per heavy atom. The molecule has 1 saturated carbocycles. The summed E-state index contributed by atoms with van der Waals surface area (Å²) in [5.41, 5.74) is 0. The molecule has 1 heteroatoms. The van der Waals surface area contributed by atoms with Gasteiger partial charge in [0.25, 0.3) is 0 Å². The van der Waals surface area contributed by atoms with Gasteiger partial charge >= 0.3 is 0 Å². The Balaban J connectivity index is 2.38. The largest absolute Gasteiger partial charge is 0.314 e. The van der Waals surface area contributed by atoms with Crippen molar-refractivity contribution in [2.24, 2.45) is 11.8 Å². The zero-order valence-corrected chi connectivity index (χ0v) is 8.06. The van der Waals surface area contributed by atoms with Crippen LogP contribution in [0.15, 0.2) is 0 Å². The molecule has 0 unspecified atom stereocenters. The van der Waals surface area contributed by atoms with Crippen molar-refractivity contribution in [3.05, 3.63) is 0 Å². The van der Waals surface area contributed by atoms with E-state index in [4.69, 9.17) is 0 Å². The molecule has 1 aliphatic carbocycles.